The van der Waals surface area contributed by atoms with Crippen LogP contribution in [0.1, 0.15) is 15.9 Å². The number of rotatable bonds is 2. The number of fused-ring (bicyclic) bond motifs is 1. The van der Waals surface area contributed by atoms with Gasteiger partial charge in [0.05, 0.1) is 0 Å². The molecule has 0 bridgehead atoms. The SMILES string of the molecule is Cc1ccc2ccccc2c1-c1ccccc1C=O. The normalized spacial score (nSPS) is 10.6. The highest BCUT2D eigenvalue weighted by atomic mass is 16.1. The zero-order valence-electron chi connectivity index (χ0n) is 10.8. The summed E-state index contributed by atoms with van der Waals surface area (Å²) in [6.07, 6.45) is 0.927. The van der Waals surface area contributed by atoms with Crippen LogP contribution < -0.4 is 0 Å². The molecule has 3 aromatic carbocycles. The minimum absolute atomic E-state index is 0.738. The van der Waals surface area contributed by atoms with Gasteiger partial charge in [-0.2, -0.15) is 0 Å². The minimum atomic E-state index is 0.738. The van der Waals surface area contributed by atoms with Crippen molar-refractivity contribution in [3.05, 3.63) is 71.8 Å². The summed E-state index contributed by atoms with van der Waals surface area (Å²) in [6, 6.07) is 20.3. The number of benzene rings is 3. The molecule has 0 aromatic heterocycles. The fourth-order valence-electron chi connectivity index (χ4n) is 2.57. The highest BCUT2D eigenvalue weighted by molar-refractivity contribution is 6.02. The van der Waals surface area contributed by atoms with E-state index >= 15 is 0 Å². The Morgan fingerprint density at radius 3 is 2.42 bits per heavy atom. The van der Waals surface area contributed by atoms with E-state index in [4.69, 9.17) is 0 Å². The molecule has 0 unspecified atom stereocenters. The third-order valence-corrected chi connectivity index (χ3v) is 3.49. The van der Waals surface area contributed by atoms with Crippen molar-refractivity contribution in [1.29, 1.82) is 0 Å². The molecule has 0 spiro atoms. The van der Waals surface area contributed by atoms with Crippen molar-refractivity contribution in [2.24, 2.45) is 0 Å². The topological polar surface area (TPSA) is 17.1 Å². The van der Waals surface area contributed by atoms with Crippen LogP contribution in [0, 0.1) is 6.92 Å². The van der Waals surface area contributed by atoms with Crippen LogP contribution in [0.15, 0.2) is 60.7 Å². The van der Waals surface area contributed by atoms with Crippen molar-refractivity contribution >= 4 is 17.1 Å². The Bertz CT molecular complexity index is 756. The van der Waals surface area contributed by atoms with Gasteiger partial charge in [0.1, 0.15) is 0 Å². The van der Waals surface area contributed by atoms with Crippen molar-refractivity contribution in [3.8, 4) is 11.1 Å². The standard InChI is InChI=1S/C18H14O/c1-13-10-11-14-6-2-4-8-16(14)18(13)17-9-5-3-7-15(17)12-19/h2-12H,1H3. The summed E-state index contributed by atoms with van der Waals surface area (Å²) in [7, 11) is 0. The molecule has 1 heteroatoms. The molecule has 0 amide bonds. The van der Waals surface area contributed by atoms with E-state index in [9.17, 15) is 4.79 Å². The number of aryl methyl sites for hydroxylation is 1. The van der Waals surface area contributed by atoms with Crippen LogP contribution >= 0.6 is 0 Å². The first-order valence-corrected chi connectivity index (χ1v) is 6.34. The number of hydrogen-bond donors (Lipinski definition) is 0. The highest BCUT2D eigenvalue weighted by Crippen LogP contribution is 2.33. The molecule has 19 heavy (non-hydrogen) atoms. The molecule has 0 radical (unpaired) electrons. The third kappa shape index (κ3) is 1.93. The Morgan fingerprint density at radius 2 is 1.58 bits per heavy atom. The summed E-state index contributed by atoms with van der Waals surface area (Å²) in [4.78, 5) is 11.2. The maximum Gasteiger partial charge on any atom is 0.150 e. The molecular weight excluding hydrogens is 232 g/mol. The van der Waals surface area contributed by atoms with E-state index in [1.807, 2.05) is 36.4 Å². The highest BCUT2D eigenvalue weighted by Gasteiger charge is 2.10. The largest absolute Gasteiger partial charge is 0.298 e. The van der Waals surface area contributed by atoms with E-state index < -0.39 is 0 Å². The molecule has 92 valence electrons. The average molecular weight is 246 g/mol. The van der Waals surface area contributed by atoms with Crippen molar-refractivity contribution in [3.63, 3.8) is 0 Å². The summed E-state index contributed by atoms with van der Waals surface area (Å²) in [5, 5.41) is 2.39. The van der Waals surface area contributed by atoms with Gasteiger partial charge in [0.15, 0.2) is 6.29 Å². The Hall–Kier alpha value is -2.41. The van der Waals surface area contributed by atoms with Crippen molar-refractivity contribution in [2.45, 2.75) is 6.92 Å². The smallest absolute Gasteiger partial charge is 0.150 e. The molecule has 3 rings (SSSR count). The van der Waals surface area contributed by atoms with Gasteiger partial charge >= 0.3 is 0 Å². The fourth-order valence-corrected chi connectivity index (χ4v) is 2.57. The first-order chi connectivity index (χ1) is 9.31. The molecule has 0 atom stereocenters. The van der Waals surface area contributed by atoms with E-state index in [-0.39, 0.29) is 0 Å². The number of hydrogen-bond acceptors (Lipinski definition) is 1. The molecule has 1 nitrogen and oxygen atoms in total. The molecule has 0 fully saturated rings. The van der Waals surface area contributed by atoms with Crippen LogP contribution in [0.25, 0.3) is 21.9 Å². The van der Waals surface area contributed by atoms with Gasteiger partial charge < -0.3 is 0 Å². The molecule has 0 aliphatic rings. The number of carbonyl (C=O) groups is 1. The van der Waals surface area contributed by atoms with Gasteiger partial charge in [0.25, 0.3) is 0 Å². The summed E-state index contributed by atoms with van der Waals surface area (Å²) < 4.78 is 0. The quantitative estimate of drug-likeness (QED) is 0.602. The van der Waals surface area contributed by atoms with Crippen molar-refractivity contribution in [1.82, 2.24) is 0 Å². The lowest BCUT2D eigenvalue weighted by Crippen LogP contribution is -1.91. The lowest BCUT2D eigenvalue weighted by Gasteiger charge is -2.12. The van der Waals surface area contributed by atoms with E-state index in [0.29, 0.717) is 0 Å². The Balaban J connectivity index is 2.42. The Morgan fingerprint density at radius 1 is 0.842 bits per heavy atom. The molecule has 0 saturated heterocycles. The summed E-state index contributed by atoms with van der Waals surface area (Å²) in [6.45, 7) is 2.09. The molecule has 0 N–H and O–H groups in total. The van der Waals surface area contributed by atoms with Gasteiger partial charge in [0, 0.05) is 5.56 Å². The van der Waals surface area contributed by atoms with Crippen LogP contribution in [0.5, 0.6) is 0 Å². The lowest BCUT2D eigenvalue weighted by molar-refractivity contribution is 0.112. The van der Waals surface area contributed by atoms with E-state index in [1.54, 1.807) is 0 Å². The van der Waals surface area contributed by atoms with Gasteiger partial charge in [-0.15, -0.1) is 0 Å². The second kappa shape index (κ2) is 4.69. The van der Waals surface area contributed by atoms with E-state index in [1.165, 1.54) is 16.3 Å². The lowest BCUT2D eigenvalue weighted by atomic mass is 9.91. The molecule has 0 aliphatic carbocycles. The maximum absolute atomic E-state index is 11.2. The zero-order valence-corrected chi connectivity index (χ0v) is 10.8. The predicted octanol–water partition coefficient (Wildman–Crippen LogP) is 4.63. The summed E-state index contributed by atoms with van der Waals surface area (Å²) >= 11 is 0. The molecular formula is C18H14O. The summed E-state index contributed by atoms with van der Waals surface area (Å²) in [5.41, 5.74) is 4.09. The Kier molecular flexibility index (Phi) is 2.88. The van der Waals surface area contributed by atoms with Gasteiger partial charge in [0.2, 0.25) is 0 Å². The van der Waals surface area contributed by atoms with E-state index in [2.05, 4.69) is 31.2 Å². The molecule has 3 aromatic rings. The van der Waals surface area contributed by atoms with Crippen molar-refractivity contribution < 1.29 is 4.79 Å². The van der Waals surface area contributed by atoms with Gasteiger partial charge in [-0.05, 0) is 34.4 Å². The molecule has 0 aliphatic heterocycles. The second-order valence-electron chi connectivity index (χ2n) is 4.68. The van der Waals surface area contributed by atoms with Crippen molar-refractivity contribution in [2.75, 3.05) is 0 Å². The third-order valence-electron chi connectivity index (χ3n) is 3.49. The first kappa shape index (κ1) is 11.7. The van der Waals surface area contributed by atoms with Crippen LogP contribution in [0.3, 0.4) is 0 Å². The minimum Gasteiger partial charge on any atom is -0.298 e. The van der Waals surface area contributed by atoms with Crippen LogP contribution in [-0.4, -0.2) is 6.29 Å². The average Bonchev–Trinajstić information content (AvgIpc) is 2.47. The number of aldehydes is 1. The van der Waals surface area contributed by atoms with Gasteiger partial charge in [-0.1, -0.05) is 60.7 Å². The molecule has 0 saturated carbocycles. The summed E-state index contributed by atoms with van der Waals surface area (Å²) in [5.74, 6) is 0. The number of carbonyl (C=O) groups excluding carboxylic acids is 1. The van der Waals surface area contributed by atoms with Crippen LogP contribution in [-0.2, 0) is 0 Å². The van der Waals surface area contributed by atoms with E-state index in [0.717, 1.165) is 23.0 Å². The monoisotopic (exact) mass is 246 g/mol. The molecule has 0 heterocycles. The maximum atomic E-state index is 11.2. The predicted molar refractivity (Wildman–Crippen MR) is 79.5 cm³/mol. The fraction of sp³-hybridized carbons (Fsp3) is 0.0556. The first-order valence-electron chi connectivity index (χ1n) is 6.34. The zero-order chi connectivity index (χ0) is 13.2. The van der Waals surface area contributed by atoms with Crippen LogP contribution in [0.4, 0.5) is 0 Å². The van der Waals surface area contributed by atoms with Gasteiger partial charge in [-0.3, -0.25) is 4.79 Å². The van der Waals surface area contributed by atoms with Gasteiger partial charge in [-0.25, -0.2) is 0 Å². The van der Waals surface area contributed by atoms with Crippen LogP contribution in [0.2, 0.25) is 0 Å². The second-order valence-corrected chi connectivity index (χ2v) is 4.68. The Labute approximate surface area is 112 Å².